The van der Waals surface area contributed by atoms with E-state index in [9.17, 15) is 13.0 Å². The molecular weight excluding hydrogens is 386 g/mol. The molecule has 0 saturated heterocycles. The van der Waals surface area contributed by atoms with Crippen molar-refractivity contribution in [3.63, 3.8) is 0 Å². The molecule has 0 aliphatic carbocycles. The molecule has 1 heterocycles. The number of rotatable bonds is 6. The highest BCUT2D eigenvalue weighted by Crippen LogP contribution is 2.20. The van der Waals surface area contributed by atoms with Crippen molar-refractivity contribution in [1.29, 1.82) is 0 Å². The van der Waals surface area contributed by atoms with Gasteiger partial charge in [0.05, 0.1) is 5.02 Å². The predicted octanol–water partition coefficient (Wildman–Crippen LogP) is 2.20. The van der Waals surface area contributed by atoms with Gasteiger partial charge in [0.1, 0.15) is 10.6 Å². The molecule has 0 amide bonds. The van der Waals surface area contributed by atoms with E-state index in [4.69, 9.17) is 17.3 Å². The second-order valence-electron chi connectivity index (χ2n) is 4.95. The molecule has 2 aromatic rings. The lowest BCUT2D eigenvalue weighted by Crippen LogP contribution is -2.21. The number of oxime groups is 1. The highest BCUT2D eigenvalue weighted by molar-refractivity contribution is 7.91. The van der Waals surface area contributed by atoms with Crippen molar-refractivity contribution >= 4 is 38.7 Å². The van der Waals surface area contributed by atoms with E-state index in [2.05, 4.69) is 14.4 Å². The first-order valence-corrected chi connectivity index (χ1v) is 10.2. The minimum atomic E-state index is -4.12. The van der Waals surface area contributed by atoms with Crippen LogP contribution in [-0.4, -0.2) is 29.5 Å². The zero-order chi connectivity index (χ0) is 18.6. The summed E-state index contributed by atoms with van der Waals surface area (Å²) in [6, 6.07) is 7.50. The molecular formula is C15H16ClN3O4S2. The Morgan fingerprint density at radius 3 is 2.64 bits per heavy atom. The monoisotopic (exact) mass is 401 g/mol. The second kappa shape index (κ2) is 8.05. The molecule has 0 fully saturated rings. The fourth-order valence-electron chi connectivity index (χ4n) is 1.82. The van der Waals surface area contributed by atoms with Crippen molar-refractivity contribution in [2.75, 3.05) is 5.75 Å². The van der Waals surface area contributed by atoms with E-state index in [0.29, 0.717) is 5.75 Å². The zero-order valence-electron chi connectivity index (χ0n) is 13.5. The van der Waals surface area contributed by atoms with Crippen molar-refractivity contribution < 1.29 is 17.3 Å². The topological polar surface area (TPSA) is 118 Å². The largest absolute Gasteiger partial charge is 0.611 e. The van der Waals surface area contributed by atoms with E-state index >= 15 is 0 Å². The Balaban J connectivity index is 2.31. The molecule has 2 N–H and O–H groups in total. The third-order valence-electron chi connectivity index (χ3n) is 3.11. The van der Waals surface area contributed by atoms with Crippen LogP contribution in [0.25, 0.3) is 0 Å². The summed E-state index contributed by atoms with van der Waals surface area (Å²) in [4.78, 5) is 4.17. The molecule has 7 nitrogen and oxygen atoms in total. The van der Waals surface area contributed by atoms with Gasteiger partial charge in [-0.05, 0) is 42.3 Å². The van der Waals surface area contributed by atoms with Gasteiger partial charge >= 0.3 is 10.1 Å². The van der Waals surface area contributed by atoms with Crippen molar-refractivity contribution in [1.82, 2.24) is 4.98 Å². The first kappa shape index (κ1) is 19.5. The number of pyridine rings is 1. The quantitative estimate of drug-likeness (QED) is 0.343. The molecule has 10 heteroatoms. The summed E-state index contributed by atoms with van der Waals surface area (Å²) in [5.74, 6) is -0.00526. The van der Waals surface area contributed by atoms with Crippen molar-refractivity contribution in [3.05, 3.63) is 52.8 Å². The van der Waals surface area contributed by atoms with Gasteiger partial charge in [-0.25, -0.2) is 4.98 Å². The fraction of sp³-hybridized carbons (Fsp3) is 0.200. The summed E-state index contributed by atoms with van der Waals surface area (Å²) in [5.41, 5.74) is 6.73. The summed E-state index contributed by atoms with van der Waals surface area (Å²) >= 11 is 4.45. The highest BCUT2D eigenvalue weighted by atomic mass is 35.5. The third-order valence-corrected chi connectivity index (χ3v) is 5.77. The Kier molecular flexibility index (Phi) is 6.28. The van der Waals surface area contributed by atoms with Gasteiger partial charge < -0.3 is 10.3 Å². The van der Waals surface area contributed by atoms with E-state index in [1.807, 2.05) is 6.92 Å². The van der Waals surface area contributed by atoms with E-state index in [1.54, 1.807) is 19.1 Å². The van der Waals surface area contributed by atoms with Gasteiger partial charge in [0.2, 0.25) is 0 Å². The number of amidine groups is 1. The fourth-order valence-corrected chi connectivity index (χ4v) is 3.72. The van der Waals surface area contributed by atoms with E-state index < -0.39 is 21.3 Å². The van der Waals surface area contributed by atoms with Crippen LogP contribution in [0, 0.1) is 6.92 Å². The maximum Gasteiger partial charge on any atom is 0.358 e. The lowest BCUT2D eigenvalue weighted by atomic mass is 10.2. The van der Waals surface area contributed by atoms with Crippen LogP contribution in [0.5, 0.6) is 0 Å². The van der Waals surface area contributed by atoms with Crippen LogP contribution in [0.1, 0.15) is 18.2 Å². The molecule has 0 saturated carbocycles. The molecule has 0 aliphatic rings. The molecule has 134 valence electrons. The van der Waals surface area contributed by atoms with Gasteiger partial charge in [0.25, 0.3) is 0 Å². The second-order valence-corrected chi connectivity index (χ2v) is 8.63. The van der Waals surface area contributed by atoms with Crippen LogP contribution >= 0.6 is 11.6 Å². The Morgan fingerprint density at radius 2 is 2.04 bits per heavy atom. The van der Waals surface area contributed by atoms with Crippen molar-refractivity contribution in [2.45, 2.75) is 23.6 Å². The summed E-state index contributed by atoms with van der Waals surface area (Å²) in [6.07, 6.45) is 1.30. The van der Waals surface area contributed by atoms with Crippen LogP contribution in [0.3, 0.4) is 0 Å². The van der Waals surface area contributed by atoms with E-state index in [0.717, 1.165) is 5.56 Å². The van der Waals surface area contributed by atoms with Crippen LogP contribution < -0.4 is 5.73 Å². The lowest BCUT2D eigenvalue weighted by Gasteiger charge is -2.11. The minimum absolute atomic E-state index is 0.0590. The van der Waals surface area contributed by atoms with Crippen LogP contribution in [0.4, 0.5) is 0 Å². The molecule has 1 unspecified atom stereocenters. The normalized spacial score (nSPS) is 13.5. The maximum absolute atomic E-state index is 12.1. The summed E-state index contributed by atoms with van der Waals surface area (Å²) in [5, 5.41) is 3.72. The number of nitrogens with zero attached hydrogens (tertiary/aromatic N) is 2. The molecule has 2 rings (SSSR count). The van der Waals surface area contributed by atoms with Gasteiger partial charge in [-0.15, -0.1) is 0 Å². The average Bonchev–Trinajstić information content (AvgIpc) is 2.59. The van der Waals surface area contributed by atoms with Gasteiger partial charge in [0, 0.05) is 12.3 Å². The molecule has 25 heavy (non-hydrogen) atoms. The average molecular weight is 402 g/mol. The van der Waals surface area contributed by atoms with E-state index in [-0.39, 0.29) is 26.3 Å². The molecule has 1 aromatic heterocycles. The summed E-state index contributed by atoms with van der Waals surface area (Å²) < 4.78 is 41.0. The first-order valence-electron chi connectivity index (χ1n) is 7.12. The number of halogens is 1. The standard InChI is InChI=1S/C15H16ClN3O4S2/c1-3-24(20)13-8-11(16)9-18-14(13)15(17)19-23-25(21,22)12-6-4-10(2)5-7-12/h4-9H,3H2,1-2H3,(H2,17,19). The van der Waals surface area contributed by atoms with Gasteiger partial charge in [-0.2, -0.15) is 8.42 Å². The summed E-state index contributed by atoms with van der Waals surface area (Å²) in [6.45, 7) is 3.54. The van der Waals surface area contributed by atoms with E-state index in [1.165, 1.54) is 24.4 Å². The Labute approximate surface area is 154 Å². The molecule has 1 atom stereocenters. The van der Waals surface area contributed by atoms with Crippen molar-refractivity contribution in [3.8, 4) is 0 Å². The number of hydrogen-bond acceptors (Lipinski definition) is 6. The molecule has 0 spiro atoms. The highest BCUT2D eigenvalue weighted by Gasteiger charge is 2.21. The molecule has 1 aromatic carbocycles. The lowest BCUT2D eigenvalue weighted by molar-refractivity contribution is 0.338. The summed E-state index contributed by atoms with van der Waals surface area (Å²) in [7, 11) is -4.12. The smallest absolute Gasteiger partial charge is 0.358 e. The predicted molar refractivity (Wildman–Crippen MR) is 96.4 cm³/mol. The SMILES string of the molecule is CC[S+]([O-])c1cc(Cl)cnc1/C(N)=N/OS(=O)(=O)c1ccc(C)cc1. The Bertz CT molecular complexity index is 886. The van der Waals surface area contributed by atoms with Crippen LogP contribution in [0.2, 0.25) is 5.02 Å². The van der Waals surface area contributed by atoms with Gasteiger partial charge in [-0.1, -0.05) is 29.3 Å². The maximum atomic E-state index is 12.1. The third kappa shape index (κ3) is 4.85. The van der Waals surface area contributed by atoms with Crippen molar-refractivity contribution in [2.24, 2.45) is 10.9 Å². The minimum Gasteiger partial charge on any atom is -0.611 e. The molecule has 0 bridgehead atoms. The first-order chi connectivity index (χ1) is 11.7. The Morgan fingerprint density at radius 1 is 1.40 bits per heavy atom. The number of aromatic nitrogens is 1. The molecule has 0 aliphatic heterocycles. The number of aryl methyl sites for hydroxylation is 1. The van der Waals surface area contributed by atoms with Gasteiger partial charge in [0.15, 0.2) is 16.4 Å². The number of hydrogen-bond donors (Lipinski definition) is 1. The zero-order valence-corrected chi connectivity index (χ0v) is 15.9. The number of benzene rings is 1. The van der Waals surface area contributed by atoms with Crippen LogP contribution in [-0.2, 0) is 25.6 Å². The van der Waals surface area contributed by atoms with Crippen LogP contribution in [0.15, 0.2) is 51.5 Å². The number of nitrogens with two attached hydrogens (primary N) is 1. The van der Waals surface area contributed by atoms with Gasteiger partial charge in [-0.3, -0.25) is 4.28 Å². The molecule has 0 radical (unpaired) electrons. The Hall–Kier alpha value is -1.81.